The molecule has 0 spiro atoms. The highest BCUT2D eigenvalue weighted by Gasteiger charge is 2.20. The number of hydrogen-bond donors (Lipinski definition) is 2. The van der Waals surface area contributed by atoms with Crippen LogP contribution in [0.2, 0.25) is 0 Å². The fourth-order valence-electron chi connectivity index (χ4n) is 3.49. The molecule has 2 heterocycles. The molecular weight excluding hydrogens is 455 g/mol. The predicted molar refractivity (Wildman–Crippen MR) is 120 cm³/mol. The van der Waals surface area contributed by atoms with Gasteiger partial charge in [-0.15, -0.1) is 24.0 Å². The van der Waals surface area contributed by atoms with E-state index in [9.17, 15) is 0 Å². The number of piperidine rings is 1. The van der Waals surface area contributed by atoms with Crippen molar-refractivity contribution in [1.82, 2.24) is 15.5 Å². The van der Waals surface area contributed by atoms with Crippen molar-refractivity contribution in [3.05, 3.63) is 23.8 Å². The first-order valence-corrected chi connectivity index (χ1v) is 9.73. The van der Waals surface area contributed by atoms with Gasteiger partial charge in [0.1, 0.15) is 0 Å². The number of guanidine groups is 1. The lowest BCUT2D eigenvalue weighted by Gasteiger charge is -2.35. The molecule has 27 heavy (non-hydrogen) atoms. The minimum atomic E-state index is 0. The quantitative estimate of drug-likeness (QED) is 0.367. The number of likely N-dealkylation sites (tertiary alicyclic amines) is 1. The molecule has 2 N–H and O–H groups in total. The molecule has 1 aromatic carbocycles. The average molecular weight is 488 g/mol. The molecule has 6 nitrogen and oxygen atoms in total. The van der Waals surface area contributed by atoms with Gasteiger partial charge in [-0.05, 0) is 62.9 Å². The molecule has 0 bridgehead atoms. The normalized spacial score (nSPS) is 18.7. The van der Waals surface area contributed by atoms with E-state index in [1.54, 1.807) is 0 Å². The molecule has 7 heteroatoms. The van der Waals surface area contributed by atoms with E-state index in [0.717, 1.165) is 42.9 Å². The summed E-state index contributed by atoms with van der Waals surface area (Å²) < 4.78 is 10.8. The second-order valence-electron chi connectivity index (χ2n) is 7.39. The van der Waals surface area contributed by atoms with E-state index in [1.807, 2.05) is 13.1 Å². The predicted octanol–water partition coefficient (Wildman–Crippen LogP) is 2.86. The molecule has 1 unspecified atom stereocenters. The Hall–Kier alpha value is -1.22. The molecule has 2 aliphatic rings. The maximum Gasteiger partial charge on any atom is 0.231 e. The summed E-state index contributed by atoms with van der Waals surface area (Å²) in [4.78, 5) is 6.91. The Morgan fingerprint density at radius 3 is 2.70 bits per heavy atom. The van der Waals surface area contributed by atoms with Crippen molar-refractivity contribution in [2.45, 2.75) is 39.2 Å². The van der Waals surface area contributed by atoms with Crippen molar-refractivity contribution in [2.75, 3.05) is 40.0 Å². The minimum absolute atomic E-state index is 0. The van der Waals surface area contributed by atoms with E-state index in [4.69, 9.17) is 9.47 Å². The lowest BCUT2D eigenvalue weighted by molar-refractivity contribution is 0.147. The zero-order valence-electron chi connectivity index (χ0n) is 16.7. The Labute approximate surface area is 180 Å². The van der Waals surface area contributed by atoms with E-state index in [0.29, 0.717) is 12.8 Å². The molecule has 0 saturated carbocycles. The largest absolute Gasteiger partial charge is 0.454 e. The number of nitrogens with zero attached hydrogens (tertiary/aromatic N) is 2. The van der Waals surface area contributed by atoms with Crippen LogP contribution in [0.1, 0.15) is 32.3 Å². The number of nitrogens with one attached hydrogen (secondary N) is 2. The molecule has 0 aliphatic carbocycles. The van der Waals surface area contributed by atoms with Crippen LogP contribution in [0, 0.1) is 5.92 Å². The van der Waals surface area contributed by atoms with Crippen molar-refractivity contribution in [2.24, 2.45) is 10.9 Å². The number of aliphatic imine (C=N–C) groups is 1. The van der Waals surface area contributed by atoms with Gasteiger partial charge in [-0.1, -0.05) is 13.0 Å². The second-order valence-corrected chi connectivity index (χ2v) is 7.39. The molecule has 152 valence electrons. The highest BCUT2D eigenvalue weighted by atomic mass is 127. The summed E-state index contributed by atoms with van der Waals surface area (Å²) in [6.07, 6.45) is 3.54. The van der Waals surface area contributed by atoms with Crippen LogP contribution >= 0.6 is 24.0 Å². The highest BCUT2D eigenvalue weighted by Crippen LogP contribution is 2.32. The lowest BCUT2D eigenvalue weighted by Crippen LogP contribution is -2.48. The monoisotopic (exact) mass is 488 g/mol. The smallest absolute Gasteiger partial charge is 0.231 e. The standard InChI is InChI=1S/C20H32N4O2.HI/c1-15-7-10-24(11-8-15)16(2)13-23-20(21-3)22-9-6-17-4-5-18-19(12-17)26-14-25-18;/h4-5,12,15-16H,6-11,13-14H2,1-3H3,(H2,21,22,23);1H. The minimum Gasteiger partial charge on any atom is -0.454 e. The summed E-state index contributed by atoms with van der Waals surface area (Å²) in [5.41, 5.74) is 1.23. The Morgan fingerprint density at radius 1 is 1.22 bits per heavy atom. The third kappa shape index (κ3) is 6.41. The van der Waals surface area contributed by atoms with Crippen molar-refractivity contribution in [3.8, 4) is 11.5 Å². The summed E-state index contributed by atoms with van der Waals surface area (Å²) in [6, 6.07) is 6.64. The maximum atomic E-state index is 5.43. The first-order chi connectivity index (χ1) is 12.7. The Balaban J connectivity index is 0.00000261. The number of ether oxygens (including phenoxy) is 2. The van der Waals surface area contributed by atoms with Gasteiger partial charge in [0.15, 0.2) is 17.5 Å². The second kappa shape index (κ2) is 10.9. The third-order valence-electron chi connectivity index (χ3n) is 5.37. The van der Waals surface area contributed by atoms with Crippen LogP contribution in [0.3, 0.4) is 0 Å². The topological polar surface area (TPSA) is 58.1 Å². The number of benzene rings is 1. The summed E-state index contributed by atoms with van der Waals surface area (Å²) >= 11 is 0. The van der Waals surface area contributed by atoms with Crippen LogP contribution in [0.15, 0.2) is 23.2 Å². The van der Waals surface area contributed by atoms with Gasteiger partial charge in [-0.25, -0.2) is 0 Å². The number of fused-ring (bicyclic) bond motifs is 1. The number of rotatable bonds is 6. The molecule has 3 rings (SSSR count). The van der Waals surface area contributed by atoms with Crippen molar-refractivity contribution in [3.63, 3.8) is 0 Å². The van der Waals surface area contributed by atoms with Gasteiger partial charge in [-0.2, -0.15) is 0 Å². The first kappa shape index (κ1) is 22.1. The number of hydrogen-bond acceptors (Lipinski definition) is 4. The molecule has 1 aromatic rings. The van der Waals surface area contributed by atoms with Gasteiger partial charge in [0.05, 0.1) is 0 Å². The summed E-state index contributed by atoms with van der Waals surface area (Å²) in [7, 11) is 1.82. The molecule has 1 saturated heterocycles. The molecule has 0 amide bonds. The van der Waals surface area contributed by atoms with Crippen LogP contribution in [0.5, 0.6) is 11.5 Å². The van der Waals surface area contributed by atoms with Gasteiger partial charge in [0, 0.05) is 26.2 Å². The Bertz CT molecular complexity index is 618. The molecule has 0 aromatic heterocycles. The molecule has 1 fully saturated rings. The summed E-state index contributed by atoms with van der Waals surface area (Å²) in [6.45, 7) is 9.13. The van der Waals surface area contributed by atoms with Gasteiger partial charge in [0.25, 0.3) is 0 Å². The molecular formula is C20H33IN4O2. The van der Waals surface area contributed by atoms with Crippen molar-refractivity contribution >= 4 is 29.9 Å². The zero-order chi connectivity index (χ0) is 18.4. The van der Waals surface area contributed by atoms with E-state index < -0.39 is 0 Å². The van der Waals surface area contributed by atoms with Crippen molar-refractivity contribution in [1.29, 1.82) is 0 Å². The fourth-order valence-corrected chi connectivity index (χ4v) is 3.49. The number of halogens is 1. The summed E-state index contributed by atoms with van der Waals surface area (Å²) in [5.74, 6) is 3.41. The molecule has 1 atom stereocenters. The summed E-state index contributed by atoms with van der Waals surface area (Å²) in [5, 5.41) is 6.86. The van der Waals surface area contributed by atoms with Gasteiger partial charge < -0.3 is 20.1 Å². The Morgan fingerprint density at radius 2 is 1.96 bits per heavy atom. The van der Waals surface area contributed by atoms with Crippen LogP contribution in [-0.4, -0.2) is 56.9 Å². The maximum absolute atomic E-state index is 5.43. The molecule has 0 radical (unpaired) electrons. The van der Waals surface area contributed by atoms with Gasteiger partial charge in [-0.3, -0.25) is 9.89 Å². The lowest BCUT2D eigenvalue weighted by atomic mass is 9.98. The van der Waals surface area contributed by atoms with Crippen molar-refractivity contribution < 1.29 is 9.47 Å². The van der Waals surface area contributed by atoms with Crippen LogP contribution in [-0.2, 0) is 6.42 Å². The SMILES string of the molecule is CN=C(NCCc1ccc2c(c1)OCO2)NCC(C)N1CCC(C)CC1.I. The van der Waals surface area contributed by atoms with E-state index >= 15 is 0 Å². The zero-order valence-corrected chi connectivity index (χ0v) is 19.0. The third-order valence-corrected chi connectivity index (χ3v) is 5.37. The highest BCUT2D eigenvalue weighted by molar-refractivity contribution is 14.0. The van der Waals surface area contributed by atoms with Gasteiger partial charge in [0.2, 0.25) is 6.79 Å². The van der Waals surface area contributed by atoms with E-state index in [-0.39, 0.29) is 24.0 Å². The van der Waals surface area contributed by atoms with Crippen LogP contribution < -0.4 is 20.1 Å². The van der Waals surface area contributed by atoms with Gasteiger partial charge >= 0.3 is 0 Å². The molecule has 2 aliphatic heterocycles. The van der Waals surface area contributed by atoms with Crippen LogP contribution in [0.25, 0.3) is 0 Å². The Kier molecular flexibility index (Phi) is 8.95. The first-order valence-electron chi connectivity index (χ1n) is 9.73. The van der Waals surface area contributed by atoms with E-state index in [1.165, 1.54) is 31.5 Å². The van der Waals surface area contributed by atoms with E-state index in [2.05, 4.69) is 46.5 Å². The average Bonchev–Trinajstić information content (AvgIpc) is 3.12. The van der Waals surface area contributed by atoms with Crippen LogP contribution in [0.4, 0.5) is 0 Å². The fraction of sp³-hybridized carbons (Fsp3) is 0.650.